The van der Waals surface area contributed by atoms with Crippen LogP contribution in [0.1, 0.15) is 25.1 Å². The van der Waals surface area contributed by atoms with Crippen molar-refractivity contribution in [2.24, 2.45) is 0 Å². The number of pyridine rings is 1. The molecule has 0 aliphatic heterocycles. The fraction of sp³-hybridized carbons (Fsp3) is 0.417. The van der Waals surface area contributed by atoms with E-state index in [-0.39, 0.29) is 6.04 Å². The van der Waals surface area contributed by atoms with E-state index in [4.69, 9.17) is 4.74 Å². The molecule has 3 nitrogen and oxygen atoms in total. The third-order valence-corrected chi connectivity index (χ3v) is 2.20. The summed E-state index contributed by atoms with van der Waals surface area (Å²) < 4.78 is 5.28. The van der Waals surface area contributed by atoms with Crippen LogP contribution in [0.5, 0.6) is 5.75 Å². The molecule has 15 heavy (non-hydrogen) atoms. The van der Waals surface area contributed by atoms with Crippen LogP contribution >= 0.6 is 0 Å². The third kappa shape index (κ3) is 3.06. The highest BCUT2D eigenvalue weighted by Gasteiger charge is 2.14. The second kappa shape index (κ2) is 6.19. The molecule has 1 atom stereocenters. The summed E-state index contributed by atoms with van der Waals surface area (Å²) in [7, 11) is 1.66. The van der Waals surface area contributed by atoms with Gasteiger partial charge >= 0.3 is 0 Å². The molecule has 0 aliphatic carbocycles. The predicted molar refractivity (Wildman–Crippen MR) is 62.0 cm³/mol. The Labute approximate surface area is 91.2 Å². The Hall–Kier alpha value is -1.35. The highest BCUT2D eigenvalue weighted by molar-refractivity contribution is 5.29. The van der Waals surface area contributed by atoms with E-state index in [2.05, 4.69) is 23.8 Å². The van der Waals surface area contributed by atoms with Crippen molar-refractivity contribution in [2.45, 2.75) is 19.4 Å². The van der Waals surface area contributed by atoms with Gasteiger partial charge in [0.1, 0.15) is 5.75 Å². The number of nitrogens with one attached hydrogen (secondary N) is 1. The lowest BCUT2D eigenvalue weighted by Crippen LogP contribution is -2.21. The largest absolute Gasteiger partial charge is 0.495 e. The maximum absolute atomic E-state index is 5.28. The van der Waals surface area contributed by atoms with Gasteiger partial charge in [-0.1, -0.05) is 13.0 Å². The van der Waals surface area contributed by atoms with Gasteiger partial charge in [0.25, 0.3) is 0 Å². The van der Waals surface area contributed by atoms with Crippen LogP contribution in [-0.4, -0.2) is 18.6 Å². The number of aromatic nitrogens is 1. The molecule has 1 aromatic rings. The smallest absolute Gasteiger partial charge is 0.141 e. The van der Waals surface area contributed by atoms with Crippen molar-refractivity contribution in [1.82, 2.24) is 10.3 Å². The lowest BCUT2D eigenvalue weighted by molar-refractivity contribution is 0.395. The van der Waals surface area contributed by atoms with Gasteiger partial charge in [-0.2, -0.15) is 0 Å². The van der Waals surface area contributed by atoms with Crippen LogP contribution in [0, 0.1) is 0 Å². The molecule has 1 aromatic heterocycles. The van der Waals surface area contributed by atoms with E-state index in [1.807, 2.05) is 18.2 Å². The molecular formula is C12H18N2O. The van der Waals surface area contributed by atoms with E-state index in [9.17, 15) is 0 Å². The van der Waals surface area contributed by atoms with E-state index in [0.29, 0.717) is 0 Å². The Morgan fingerprint density at radius 3 is 3.07 bits per heavy atom. The van der Waals surface area contributed by atoms with E-state index < -0.39 is 0 Å². The normalized spacial score (nSPS) is 12.1. The topological polar surface area (TPSA) is 34.2 Å². The molecule has 0 bridgehead atoms. The molecule has 0 radical (unpaired) electrons. The number of nitrogens with zero attached hydrogens (tertiary/aromatic N) is 1. The second-order valence-corrected chi connectivity index (χ2v) is 3.23. The highest BCUT2D eigenvalue weighted by atomic mass is 16.5. The molecule has 0 spiro atoms. The zero-order valence-electron chi connectivity index (χ0n) is 9.36. The highest BCUT2D eigenvalue weighted by Crippen LogP contribution is 2.24. The Balaban J connectivity index is 2.92. The van der Waals surface area contributed by atoms with Crippen molar-refractivity contribution in [3.63, 3.8) is 0 Å². The van der Waals surface area contributed by atoms with Crippen LogP contribution in [0.15, 0.2) is 31.0 Å². The van der Waals surface area contributed by atoms with Gasteiger partial charge in [-0.05, 0) is 25.1 Å². The lowest BCUT2D eigenvalue weighted by Gasteiger charge is -2.17. The Bertz CT molecular complexity index is 312. The van der Waals surface area contributed by atoms with Crippen LogP contribution in [0.3, 0.4) is 0 Å². The van der Waals surface area contributed by atoms with Crippen molar-refractivity contribution in [3.8, 4) is 5.75 Å². The van der Waals surface area contributed by atoms with Crippen molar-refractivity contribution >= 4 is 0 Å². The van der Waals surface area contributed by atoms with Gasteiger partial charge in [-0.3, -0.25) is 4.98 Å². The van der Waals surface area contributed by atoms with E-state index in [0.717, 1.165) is 24.4 Å². The maximum Gasteiger partial charge on any atom is 0.141 e. The molecule has 1 rings (SSSR count). The summed E-state index contributed by atoms with van der Waals surface area (Å²) in [5, 5.41) is 3.36. The van der Waals surface area contributed by atoms with Crippen LogP contribution in [0.2, 0.25) is 0 Å². The number of hydrogen-bond acceptors (Lipinski definition) is 3. The minimum Gasteiger partial charge on any atom is -0.495 e. The Morgan fingerprint density at radius 2 is 2.47 bits per heavy atom. The van der Waals surface area contributed by atoms with E-state index >= 15 is 0 Å². The third-order valence-electron chi connectivity index (χ3n) is 2.20. The minimum atomic E-state index is 0.184. The van der Waals surface area contributed by atoms with Crippen LogP contribution in [-0.2, 0) is 0 Å². The molecular weight excluding hydrogens is 188 g/mol. The van der Waals surface area contributed by atoms with Crippen LogP contribution in [0.4, 0.5) is 0 Å². The van der Waals surface area contributed by atoms with Gasteiger partial charge in [0.15, 0.2) is 0 Å². The summed E-state index contributed by atoms with van der Waals surface area (Å²) in [6.45, 7) is 6.73. The molecule has 82 valence electrons. The quantitative estimate of drug-likeness (QED) is 0.725. The summed E-state index contributed by atoms with van der Waals surface area (Å²) in [6, 6.07) is 3.98. The Morgan fingerprint density at radius 1 is 1.67 bits per heavy atom. The zero-order valence-corrected chi connectivity index (χ0v) is 9.36. The summed E-state index contributed by atoms with van der Waals surface area (Å²) in [4.78, 5) is 4.35. The summed E-state index contributed by atoms with van der Waals surface area (Å²) in [5.74, 6) is 0.824. The van der Waals surface area contributed by atoms with Crippen molar-refractivity contribution in [1.29, 1.82) is 0 Å². The molecule has 0 saturated carbocycles. The first-order valence-corrected chi connectivity index (χ1v) is 5.16. The molecule has 0 aromatic carbocycles. The predicted octanol–water partition coefficient (Wildman–Crippen LogP) is 2.32. The average Bonchev–Trinajstić information content (AvgIpc) is 2.29. The summed E-state index contributed by atoms with van der Waals surface area (Å²) >= 11 is 0. The number of rotatable bonds is 6. The molecule has 3 heteroatoms. The zero-order chi connectivity index (χ0) is 11.1. The monoisotopic (exact) mass is 206 g/mol. The SMILES string of the molecule is C=CCC(NCC)c1ncccc1OC. The molecule has 1 N–H and O–H groups in total. The first-order valence-electron chi connectivity index (χ1n) is 5.16. The fourth-order valence-corrected chi connectivity index (χ4v) is 1.54. The van der Waals surface area contributed by atoms with Crippen molar-refractivity contribution < 1.29 is 4.74 Å². The van der Waals surface area contributed by atoms with Gasteiger partial charge in [0, 0.05) is 6.20 Å². The first kappa shape index (κ1) is 11.7. The summed E-state index contributed by atoms with van der Waals surface area (Å²) in [6.07, 6.45) is 4.52. The fourth-order valence-electron chi connectivity index (χ4n) is 1.54. The molecule has 0 fully saturated rings. The van der Waals surface area contributed by atoms with Gasteiger partial charge in [-0.15, -0.1) is 6.58 Å². The average molecular weight is 206 g/mol. The molecule has 0 aliphatic rings. The van der Waals surface area contributed by atoms with Crippen molar-refractivity contribution in [2.75, 3.05) is 13.7 Å². The number of methoxy groups -OCH3 is 1. The van der Waals surface area contributed by atoms with Crippen LogP contribution < -0.4 is 10.1 Å². The van der Waals surface area contributed by atoms with Crippen molar-refractivity contribution in [3.05, 3.63) is 36.7 Å². The molecule has 1 unspecified atom stereocenters. The lowest BCUT2D eigenvalue weighted by atomic mass is 10.1. The maximum atomic E-state index is 5.28. The van der Waals surface area contributed by atoms with Gasteiger partial charge in [-0.25, -0.2) is 0 Å². The minimum absolute atomic E-state index is 0.184. The van der Waals surface area contributed by atoms with E-state index in [1.54, 1.807) is 13.3 Å². The van der Waals surface area contributed by atoms with E-state index in [1.165, 1.54) is 0 Å². The number of hydrogen-bond donors (Lipinski definition) is 1. The second-order valence-electron chi connectivity index (χ2n) is 3.23. The molecule has 0 amide bonds. The van der Waals surface area contributed by atoms with Gasteiger partial charge < -0.3 is 10.1 Å². The summed E-state index contributed by atoms with van der Waals surface area (Å²) in [5.41, 5.74) is 0.946. The standard InChI is InChI=1S/C12H18N2O/c1-4-7-10(13-5-2)12-11(15-3)8-6-9-14-12/h4,6,8-10,13H,1,5,7H2,2-3H3. The molecule has 1 heterocycles. The number of ether oxygens (including phenoxy) is 1. The first-order chi connectivity index (χ1) is 7.33. The van der Waals surface area contributed by atoms with Crippen LogP contribution in [0.25, 0.3) is 0 Å². The molecule has 0 saturated heterocycles. The van der Waals surface area contributed by atoms with Gasteiger partial charge in [0.2, 0.25) is 0 Å². The Kier molecular flexibility index (Phi) is 4.84. The van der Waals surface area contributed by atoms with Gasteiger partial charge in [0.05, 0.1) is 18.8 Å².